The second-order valence-corrected chi connectivity index (χ2v) is 5.00. The highest BCUT2D eigenvalue weighted by atomic mass is 16.5. The van der Waals surface area contributed by atoms with Crippen molar-refractivity contribution in [1.29, 1.82) is 0 Å². The Morgan fingerprint density at radius 3 is 2.89 bits per heavy atom. The van der Waals surface area contributed by atoms with Crippen LogP contribution in [0.1, 0.15) is 31.2 Å². The average molecular weight is 243 g/mol. The molecule has 0 unspecified atom stereocenters. The molecule has 1 saturated carbocycles. The first-order chi connectivity index (χ1) is 8.83. The number of esters is 1. The fourth-order valence-electron chi connectivity index (χ4n) is 2.68. The lowest BCUT2D eigenvalue weighted by atomic mass is 9.93. The fraction of sp³-hybridized carbons (Fsp3) is 0.467. The van der Waals surface area contributed by atoms with Crippen LogP contribution >= 0.6 is 0 Å². The largest absolute Gasteiger partial charge is 0.455 e. The van der Waals surface area contributed by atoms with E-state index in [1.54, 1.807) is 0 Å². The minimum atomic E-state index is -0.336. The van der Waals surface area contributed by atoms with Gasteiger partial charge in [-0.05, 0) is 31.2 Å². The Labute approximate surface area is 107 Å². The SMILES string of the molecule is O=C1O[C@H]2CCCCC2=N[C@H]1Cc1ccccc1. The average Bonchev–Trinajstić information content (AvgIpc) is 2.41. The topological polar surface area (TPSA) is 38.7 Å². The minimum absolute atomic E-state index is 0.0294. The van der Waals surface area contributed by atoms with E-state index in [4.69, 9.17) is 4.74 Å². The zero-order valence-corrected chi connectivity index (χ0v) is 10.3. The number of rotatable bonds is 2. The van der Waals surface area contributed by atoms with Gasteiger partial charge in [0.25, 0.3) is 0 Å². The van der Waals surface area contributed by atoms with E-state index in [-0.39, 0.29) is 18.1 Å². The van der Waals surface area contributed by atoms with Crippen LogP contribution in [0.3, 0.4) is 0 Å². The van der Waals surface area contributed by atoms with Gasteiger partial charge in [-0.3, -0.25) is 4.99 Å². The van der Waals surface area contributed by atoms with E-state index in [1.807, 2.05) is 30.3 Å². The maximum Gasteiger partial charge on any atom is 0.331 e. The van der Waals surface area contributed by atoms with Crippen molar-refractivity contribution in [2.24, 2.45) is 4.99 Å². The van der Waals surface area contributed by atoms with Gasteiger partial charge < -0.3 is 4.74 Å². The van der Waals surface area contributed by atoms with Gasteiger partial charge in [0, 0.05) is 6.42 Å². The number of hydrogen-bond donors (Lipinski definition) is 0. The van der Waals surface area contributed by atoms with Crippen molar-refractivity contribution in [2.75, 3.05) is 0 Å². The summed E-state index contributed by atoms with van der Waals surface area (Å²) in [6.45, 7) is 0. The van der Waals surface area contributed by atoms with E-state index in [0.29, 0.717) is 6.42 Å². The third-order valence-corrected chi connectivity index (χ3v) is 3.64. The van der Waals surface area contributed by atoms with Crippen LogP contribution < -0.4 is 0 Å². The summed E-state index contributed by atoms with van der Waals surface area (Å²) in [4.78, 5) is 16.5. The molecule has 3 heteroatoms. The number of nitrogens with zero attached hydrogens (tertiary/aromatic N) is 1. The normalized spacial score (nSPS) is 27.1. The first kappa shape index (κ1) is 11.5. The number of benzene rings is 1. The summed E-state index contributed by atoms with van der Waals surface area (Å²) in [5.74, 6) is -0.158. The van der Waals surface area contributed by atoms with Gasteiger partial charge in [-0.2, -0.15) is 0 Å². The van der Waals surface area contributed by atoms with Crippen molar-refractivity contribution in [2.45, 2.75) is 44.2 Å². The quantitative estimate of drug-likeness (QED) is 0.749. The second-order valence-electron chi connectivity index (χ2n) is 5.00. The van der Waals surface area contributed by atoms with Gasteiger partial charge in [-0.15, -0.1) is 0 Å². The Bertz CT molecular complexity index is 467. The maximum atomic E-state index is 11.9. The van der Waals surface area contributed by atoms with Gasteiger partial charge in [-0.1, -0.05) is 30.3 Å². The Morgan fingerprint density at radius 1 is 1.22 bits per heavy atom. The summed E-state index contributed by atoms with van der Waals surface area (Å²) in [5, 5.41) is 0. The molecule has 0 radical (unpaired) electrons. The van der Waals surface area contributed by atoms with Crippen LogP contribution in [-0.2, 0) is 16.0 Å². The molecule has 18 heavy (non-hydrogen) atoms. The maximum absolute atomic E-state index is 11.9. The first-order valence-electron chi connectivity index (χ1n) is 6.64. The van der Waals surface area contributed by atoms with Crippen LogP contribution in [0.2, 0.25) is 0 Å². The van der Waals surface area contributed by atoms with Crippen molar-refractivity contribution < 1.29 is 9.53 Å². The molecule has 0 aromatic heterocycles. The van der Waals surface area contributed by atoms with Gasteiger partial charge >= 0.3 is 5.97 Å². The van der Waals surface area contributed by atoms with Gasteiger partial charge in [0.1, 0.15) is 6.10 Å². The lowest BCUT2D eigenvalue weighted by Gasteiger charge is -2.30. The molecule has 0 bridgehead atoms. The smallest absolute Gasteiger partial charge is 0.331 e. The molecule has 94 valence electrons. The van der Waals surface area contributed by atoms with Crippen LogP contribution in [0, 0.1) is 0 Å². The van der Waals surface area contributed by atoms with E-state index >= 15 is 0 Å². The summed E-state index contributed by atoms with van der Waals surface area (Å²) in [7, 11) is 0. The summed E-state index contributed by atoms with van der Waals surface area (Å²) in [6, 6.07) is 9.67. The number of ether oxygens (including phenoxy) is 1. The molecule has 0 saturated heterocycles. The molecule has 2 atom stereocenters. The molecular weight excluding hydrogens is 226 g/mol. The standard InChI is InChI=1S/C15H17NO2/c17-15-13(10-11-6-2-1-3-7-11)16-12-8-4-5-9-14(12)18-15/h1-3,6-7,13-14H,4-5,8-10H2/t13-,14-/m0/s1. The molecule has 1 aromatic rings. The lowest BCUT2D eigenvalue weighted by Crippen LogP contribution is -2.41. The summed E-state index contributed by atoms with van der Waals surface area (Å²) < 4.78 is 5.51. The first-order valence-corrected chi connectivity index (χ1v) is 6.64. The van der Waals surface area contributed by atoms with Gasteiger partial charge in [0.15, 0.2) is 6.04 Å². The molecule has 1 aromatic carbocycles. The van der Waals surface area contributed by atoms with Gasteiger partial charge in [-0.25, -0.2) is 4.79 Å². The van der Waals surface area contributed by atoms with Crippen molar-refractivity contribution in [1.82, 2.24) is 0 Å². The predicted octanol–water partition coefficient (Wildman–Crippen LogP) is 2.54. The van der Waals surface area contributed by atoms with E-state index < -0.39 is 0 Å². The highest BCUT2D eigenvalue weighted by Crippen LogP contribution is 2.24. The van der Waals surface area contributed by atoms with E-state index in [9.17, 15) is 4.79 Å². The van der Waals surface area contributed by atoms with Crippen LogP contribution in [-0.4, -0.2) is 23.8 Å². The monoisotopic (exact) mass is 243 g/mol. The van der Waals surface area contributed by atoms with Crippen LogP contribution in [0.25, 0.3) is 0 Å². The van der Waals surface area contributed by atoms with E-state index in [0.717, 1.165) is 30.5 Å². The molecule has 2 aliphatic rings. The number of carbonyl (C=O) groups is 1. The summed E-state index contributed by atoms with van der Waals surface area (Å²) >= 11 is 0. The Hall–Kier alpha value is -1.64. The molecule has 3 rings (SSSR count). The van der Waals surface area contributed by atoms with Crippen LogP contribution in [0.4, 0.5) is 0 Å². The second kappa shape index (κ2) is 4.92. The zero-order chi connectivity index (χ0) is 12.4. The van der Waals surface area contributed by atoms with E-state index in [2.05, 4.69) is 4.99 Å². The van der Waals surface area contributed by atoms with E-state index in [1.165, 1.54) is 6.42 Å². The van der Waals surface area contributed by atoms with Crippen molar-refractivity contribution >= 4 is 11.7 Å². The van der Waals surface area contributed by atoms with Crippen LogP contribution in [0.5, 0.6) is 0 Å². The fourth-order valence-corrected chi connectivity index (χ4v) is 2.68. The van der Waals surface area contributed by atoms with Gasteiger partial charge in [0.05, 0.1) is 5.71 Å². The molecule has 1 aliphatic carbocycles. The Balaban J connectivity index is 1.78. The number of hydrogen-bond acceptors (Lipinski definition) is 3. The highest BCUT2D eigenvalue weighted by Gasteiger charge is 2.33. The molecule has 0 spiro atoms. The number of aliphatic imine (C=N–C) groups is 1. The molecule has 3 nitrogen and oxygen atoms in total. The molecular formula is C15H17NO2. The van der Waals surface area contributed by atoms with Crippen molar-refractivity contribution in [3.63, 3.8) is 0 Å². The predicted molar refractivity (Wildman–Crippen MR) is 69.7 cm³/mol. The Morgan fingerprint density at radius 2 is 2.06 bits per heavy atom. The van der Waals surface area contributed by atoms with Crippen LogP contribution in [0.15, 0.2) is 35.3 Å². The van der Waals surface area contributed by atoms with Gasteiger partial charge in [0.2, 0.25) is 0 Å². The Kier molecular flexibility index (Phi) is 3.13. The molecule has 1 fully saturated rings. The summed E-state index contributed by atoms with van der Waals surface area (Å²) in [6.07, 6.45) is 4.87. The summed E-state index contributed by atoms with van der Waals surface area (Å²) in [5.41, 5.74) is 2.24. The minimum Gasteiger partial charge on any atom is -0.455 e. The van der Waals surface area contributed by atoms with Crippen molar-refractivity contribution in [3.8, 4) is 0 Å². The molecule has 0 N–H and O–H groups in total. The number of fused-ring (bicyclic) bond motifs is 1. The third kappa shape index (κ3) is 2.30. The third-order valence-electron chi connectivity index (χ3n) is 3.64. The molecule has 1 aliphatic heterocycles. The molecule has 1 heterocycles. The highest BCUT2D eigenvalue weighted by molar-refractivity contribution is 5.96. The number of carbonyl (C=O) groups excluding carboxylic acids is 1. The lowest BCUT2D eigenvalue weighted by molar-refractivity contribution is -0.149. The van der Waals surface area contributed by atoms with Crippen molar-refractivity contribution in [3.05, 3.63) is 35.9 Å². The zero-order valence-electron chi connectivity index (χ0n) is 10.3. The molecule has 0 amide bonds.